The Bertz CT molecular complexity index is 809. The van der Waals surface area contributed by atoms with Crippen LogP contribution in [-0.2, 0) is 0 Å². The minimum absolute atomic E-state index is 0.212. The van der Waals surface area contributed by atoms with Gasteiger partial charge in [0.2, 0.25) is 0 Å². The van der Waals surface area contributed by atoms with Crippen molar-refractivity contribution in [2.75, 3.05) is 0 Å². The van der Waals surface area contributed by atoms with Gasteiger partial charge in [0.1, 0.15) is 5.75 Å². The van der Waals surface area contributed by atoms with E-state index in [1.54, 1.807) is 6.07 Å². The van der Waals surface area contributed by atoms with E-state index in [-0.39, 0.29) is 5.75 Å². The molecule has 0 fully saturated rings. The Labute approximate surface area is 122 Å². The third-order valence-corrected chi connectivity index (χ3v) is 3.09. The molecule has 0 aliphatic heterocycles. The summed E-state index contributed by atoms with van der Waals surface area (Å²) in [5.41, 5.74) is 1.97. The Kier molecular flexibility index (Phi) is 3.74. The lowest BCUT2D eigenvalue weighted by Crippen LogP contribution is -1.75. The van der Waals surface area contributed by atoms with Crippen molar-refractivity contribution in [2.24, 2.45) is 0 Å². The van der Waals surface area contributed by atoms with E-state index in [1.807, 2.05) is 54.7 Å². The van der Waals surface area contributed by atoms with Gasteiger partial charge in [0.25, 0.3) is 0 Å². The highest BCUT2D eigenvalue weighted by Crippen LogP contribution is 2.15. The van der Waals surface area contributed by atoms with E-state index < -0.39 is 0 Å². The zero-order valence-corrected chi connectivity index (χ0v) is 11.3. The van der Waals surface area contributed by atoms with Crippen LogP contribution >= 0.6 is 0 Å². The van der Waals surface area contributed by atoms with Crippen molar-refractivity contribution in [3.05, 3.63) is 79.1 Å². The lowest BCUT2D eigenvalue weighted by molar-refractivity contribution is 0.474. The molecule has 4 aromatic rings. The predicted molar refractivity (Wildman–Crippen MR) is 85.2 cm³/mol. The molecule has 2 aromatic carbocycles. The minimum Gasteiger partial charge on any atom is -0.506 e. The number of rotatable bonds is 0. The first-order valence-corrected chi connectivity index (χ1v) is 6.66. The summed E-state index contributed by atoms with van der Waals surface area (Å²) >= 11 is 0. The Balaban J connectivity index is 0.000000126. The van der Waals surface area contributed by atoms with Crippen LogP contribution in [0.2, 0.25) is 0 Å². The Morgan fingerprint density at radius 2 is 1.29 bits per heavy atom. The SMILES string of the molecule is Oc1cnc2ccccc2c1.c1ccc2ncccc2c1. The predicted octanol–water partition coefficient (Wildman–Crippen LogP) is 4.18. The van der Waals surface area contributed by atoms with Crippen LogP contribution in [0.4, 0.5) is 0 Å². The molecule has 0 unspecified atom stereocenters. The molecule has 4 rings (SSSR count). The van der Waals surface area contributed by atoms with Gasteiger partial charge in [0.15, 0.2) is 0 Å². The van der Waals surface area contributed by atoms with Gasteiger partial charge in [-0.3, -0.25) is 9.97 Å². The summed E-state index contributed by atoms with van der Waals surface area (Å²) in [5.74, 6) is 0.212. The third-order valence-electron chi connectivity index (χ3n) is 3.09. The number of pyridine rings is 2. The zero-order chi connectivity index (χ0) is 14.5. The second-order valence-electron chi connectivity index (χ2n) is 4.58. The van der Waals surface area contributed by atoms with Gasteiger partial charge < -0.3 is 5.11 Å². The Hall–Kier alpha value is -2.94. The zero-order valence-electron chi connectivity index (χ0n) is 11.3. The van der Waals surface area contributed by atoms with Gasteiger partial charge in [-0.2, -0.15) is 0 Å². The maximum Gasteiger partial charge on any atom is 0.134 e. The normalized spacial score (nSPS) is 10.1. The van der Waals surface area contributed by atoms with Crippen LogP contribution in [0.3, 0.4) is 0 Å². The average molecular weight is 274 g/mol. The fourth-order valence-corrected chi connectivity index (χ4v) is 2.08. The van der Waals surface area contributed by atoms with Crippen molar-refractivity contribution < 1.29 is 5.11 Å². The van der Waals surface area contributed by atoms with Crippen molar-refractivity contribution in [2.45, 2.75) is 0 Å². The fraction of sp³-hybridized carbons (Fsp3) is 0. The Morgan fingerprint density at radius 3 is 2.05 bits per heavy atom. The molecule has 2 aromatic heterocycles. The van der Waals surface area contributed by atoms with Crippen LogP contribution in [0, 0.1) is 0 Å². The van der Waals surface area contributed by atoms with Gasteiger partial charge in [0.05, 0.1) is 17.2 Å². The summed E-state index contributed by atoms with van der Waals surface area (Å²) < 4.78 is 0. The summed E-state index contributed by atoms with van der Waals surface area (Å²) in [6.07, 6.45) is 3.25. The van der Waals surface area contributed by atoms with Crippen molar-refractivity contribution in [1.29, 1.82) is 0 Å². The van der Waals surface area contributed by atoms with Gasteiger partial charge in [-0.05, 0) is 24.3 Å². The number of aromatic nitrogens is 2. The quantitative estimate of drug-likeness (QED) is 0.523. The topological polar surface area (TPSA) is 46.0 Å². The van der Waals surface area contributed by atoms with Crippen LogP contribution in [0.25, 0.3) is 21.8 Å². The molecule has 3 nitrogen and oxygen atoms in total. The van der Waals surface area contributed by atoms with E-state index in [0.29, 0.717) is 0 Å². The van der Waals surface area contributed by atoms with Crippen LogP contribution in [0.15, 0.2) is 79.1 Å². The van der Waals surface area contributed by atoms with Gasteiger partial charge in [-0.25, -0.2) is 0 Å². The summed E-state index contributed by atoms with van der Waals surface area (Å²) in [5, 5.41) is 11.2. The molecule has 0 atom stereocenters. The maximum atomic E-state index is 9.07. The number of para-hydroxylation sites is 2. The number of nitrogens with zero attached hydrogens (tertiary/aromatic N) is 2. The number of aromatic hydroxyl groups is 1. The number of hydrogen-bond donors (Lipinski definition) is 1. The van der Waals surface area contributed by atoms with E-state index in [9.17, 15) is 0 Å². The number of hydrogen-bond acceptors (Lipinski definition) is 3. The van der Waals surface area contributed by atoms with Crippen molar-refractivity contribution in [3.63, 3.8) is 0 Å². The van der Waals surface area contributed by atoms with Gasteiger partial charge in [-0.1, -0.05) is 42.5 Å². The maximum absolute atomic E-state index is 9.07. The smallest absolute Gasteiger partial charge is 0.134 e. The molecular weight excluding hydrogens is 260 g/mol. The first-order chi connectivity index (χ1) is 10.3. The molecule has 0 aliphatic rings. The fourth-order valence-electron chi connectivity index (χ4n) is 2.08. The highest BCUT2D eigenvalue weighted by Gasteiger charge is 1.92. The second kappa shape index (κ2) is 6.01. The van der Waals surface area contributed by atoms with Crippen LogP contribution in [0.5, 0.6) is 5.75 Å². The summed E-state index contributed by atoms with van der Waals surface area (Å²) in [7, 11) is 0. The van der Waals surface area contributed by atoms with E-state index in [1.165, 1.54) is 11.6 Å². The molecule has 2 heterocycles. The van der Waals surface area contributed by atoms with Crippen LogP contribution in [-0.4, -0.2) is 15.1 Å². The number of fused-ring (bicyclic) bond motifs is 2. The summed E-state index contributed by atoms with van der Waals surface area (Å²) in [6.45, 7) is 0. The molecule has 0 bridgehead atoms. The van der Waals surface area contributed by atoms with E-state index >= 15 is 0 Å². The third kappa shape index (κ3) is 3.15. The molecule has 21 heavy (non-hydrogen) atoms. The first kappa shape index (κ1) is 13.1. The van der Waals surface area contributed by atoms with E-state index in [0.717, 1.165) is 16.4 Å². The van der Waals surface area contributed by atoms with Crippen molar-refractivity contribution in [1.82, 2.24) is 9.97 Å². The molecule has 102 valence electrons. The van der Waals surface area contributed by atoms with Gasteiger partial charge in [-0.15, -0.1) is 0 Å². The molecule has 0 radical (unpaired) electrons. The molecule has 0 aliphatic carbocycles. The van der Waals surface area contributed by atoms with E-state index in [2.05, 4.69) is 22.1 Å². The molecule has 1 N–H and O–H groups in total. The van der Waals surface area contributed by atoms with Gasteiger partial charge in [0, 0.05) is 17.0 Å². The molecular formula is C18H14N2O. The lowest BCUT2D eigenvalue weighted by Gasteiger charge is -1.95. The second-order valence-corrected chi connectivity index (χ2v) is 4.58. The Morgan fingerprint density at radius 1 is 0.667 bits per heavy atom. The van der Waals surface area contributed by atoms with Crippen LogP contribution < -0.4 is 0 Å². The molecule has 0 saturated carbocycles. The molecule has 3 heteroatoms. The largest absolute Gasteiger partial charge is 0.506 e. The monoisotopic (exact) mass is 274 g/mol. The van der Waals surface area contributed by atoms with E-state index in [4.69, 9.17) is 5.11 Å². The molecule has 0 amide bonds. The first-order valence-electron chi connectivity index (χ1n) is 6.66. The average Bonchev–Trinajstić information content (AvgIpc) is 2.55. The lowest BCUT2D eigenvalue weighted by atomic mass is 10.2. The van der Waals surface area contributed by atoms with Crippen molar-refractivity contribution in [3.8, 4) is 5.75 Å². The minimum atomic E-state index is 0.212. The highest BCUT2D eigenvalue weighted by atomic mass is 16.3. The molecule has 0 saturated heterocycles. The van der Waals surface area contributed by atoms with Crippen molar-refractivity contribution >= 4 is 21.8 Å². The van der Waals surface area contributed by atoms with Gasteiger partial charge >= 0.3 is 0 Å². The number of benzene rings is 2. The standard InChI is InChI=1S/C9H7NO.C9H7N/c11-8-5-7-3-1-2-4-9(7)10-6-8;1-2-6-9-8(4-1)5-3-7-10-9/h1-6,11H;1-7H. The van der Waals surface area contributed by atoms with Crippen LogP contribution in [0.1, 0.15) is 0 Å². The molecule has 0 spiro atoms. The highest BCUT2D eigenvalue weighted by molar-refractivity contribution is 5.79. The summed E-state index contributed by atoms with van der Waals surface area (Å²) in [4.78, 5) is 8.21. The summed E-state index contributed by atoms with van der Waals surface area (Å²) in [6, 6.07) is 21.5.